The largest absolute Gasteiger partial charge is 0.388 e. The summed E-state index contributed by atoms with van der Waals surface area (Å²) >= 11 is 4.82. The van der Waals surface area contributed by atoms with Crippen LogP contribution in [-0.4, -0.2) is 34.2 Å². The third-order valence-electron chi connectivity index (χ3n) is 2.97. The number of nitrogens with zero attached hydrogens (tertiary/aromatic N) is 2. The van der Waals surface area contributed by atoms with E-state index in [4.69, 9.17) is 22.7 Å². The van der Waals surface area contributed by atoms with Gasteiger partial charge in [0.1, 0.15) is 16.5 Å². The van der Waals surface area contributed by atoms with Crippen LogP contribution in [0, 0.1) is 0 Å². The second kappa shape index (κ2) is 5.37. The summed E-state index contributed by atoms with van der Waals surface area (Å²) in [7, 11) is 1.75. The lowest BCUT2D eigenvalue weighted by Crippen LogP contribution is -2.19. The van der Waals surface area contributed by atoms with Crippen molar-refractivity contribution < 1.29 is 4.74 Å². The summed E-state index contributed by atoms with van der Waals surface area (Å²) in [4.78, 5) is 8.64. The zero-order chi connectivity index (χ0) is 12.3. The second-order valence-electron chi connectivity index (χ2n) is 4.16. The quantitative estimate of drug-likeness (QED) is 0.782. The van der Waals surface area contributed by atoms with Gasteiger partial charge in [-0.25, -0.2) is 9.97 Å². The molecule has 1 aromatic rings. The van der Waals surface area contributed by atoms with Crippen LogP contribution in [0.2, 0.25) is 0 Å². The van der Waals surface area contributed by atoms with Crippen LogP contribution in [0.25, 0.3) is 0 Å². The number of nitrogens with one attached hydrogen (secondary N) is 1. The van der Waals surface area contributed by atoms with Crippen LogP contribution < -0.4 is 11.1 Å². The van der Waals surface area contributed by atoms with E-state index in [2.05, 4.69) is 15.3 Å². The molecule has 1 fully saturated rings. The normalized spacial score (nSPS) is 23.6. The van der Waals surface area contributed by atoms with Gasteiger partial charge in [-0.15, -0.1) is 0 Å². The van der Waals surface area contributed by atoms with Crippen LogP contribution in [0.5, 0.6) is 0 Å². The molecule has 17 heavy (non-hydrogen) atoms. The molecule has 1 aromatic heterocycles. The van der Waals surface area contributed by atoms with E-state index in [0.717, 1.165) is 25.1 Å². The molecule has 0 saturated heterocycles. The molecule has 3 N–H and O–H groups in total. The van der Waals surface area contributed by atoms with Gasteiger partial charge in [-0.3, -0.25) is 0 Å². The maximum Gasteiger partial charge on any atom is 0.144 e. The van der Waals surface area contributed by atoms with E-state index in [1.165, 1.54) is 0 Å². The Morgan fingerprint density at radius 1 is 1.47 bits per heavy atom. The molecule has 0 bridgehead atoms. The van der Waals surface area contributed by atoms with Gasteiger partial charge in [-0.2, -0.15) is 0 Å². The fraction of sp³-hybridized carbons (Fsp3) is 0.545. The Morgan fingerprint density at radius 2 is 2.29 bits per heavy atom. The summed E-state index contributed by atoms with van der Waals surface area (Å²) in [5, 5.41) is 3.33. The Morgan fingerprint density at radius 3 is 2.82 bits per heavy atom. The first kappa shape index (κ1) is 12.2. The topological polar surface area (TPSA) is 73.1 Å². The number of hydrogen-bond donors (Lipinski definition) is 2. The molecular formula is C11H16N4OS. The number of ether oxygens (including phenoxy) is 1. The van der Waals surface area contributed by atoms with Crippen molar-refractivity contribution in [3.05, 3.63) is 18.1 Å². The SMILES string of the molecule is COC1CCC(Nc2cnc(C(N)=S)cn2)C1. The molecule has 0 aromatic carbocycles. The van der Waals surface area contributed by atoms with Crippen molar-refractivity contribution in [3.63, 3.8) is 0 Å². The Labute approximate surface area is 106 Å². The predicted octanol–water partition coefficient (Wildman–Crippen LogP) is 1.09. The maximum atomic E-state index is 5.46. The predicted molar refractivity (Wildman–Crippen MR) is 70.0 cm³/mol. The smallest absolute Gasteiger partial charge is 0.144 e. The van der Waals surface area contributed by atoms with Gasteiger partial charge in [-0.05, 0) is 19.3 Å². The van der Waals surface area contributed by atoms with E-state index < -0.39 is 0 Å². The highest BCUT2D eigenvalue weighted by molar-refractivity contribution is 7.80. The van der Waals surface area contributed by atoms with Crippen LogP contribution in [0.3, 0.4) is 0 Å². The van der Waals surface area contributed by atoms with Crippen LogP contribution >= 0.6 is 12.2 Å². The van der Waals surface area contributed by atoms with E-state index in [9.17, 15) is 0 Å². The highest BCUT2D eigenvalue weighted by atomic mass is 32.1. The van der Waals surface area contributed by atoms with Gasteiger partial charge in [0.15, 0.2) is 0 Å². The van der Waals surface area contributed by atoms with Crippen LogP contribution in [0.1, 0.15) is 25.0 Å². The molecule has 1 heterocycles. The molecule has 1 aliphatic carbocycles. The van der Waals surface area contributed by atoms with Crippen LogP contribution in [0.4, 0.5) is 5.82 Å². The van der Waals surface area contributed by atoms with Crippen molar-refractivity contribution in [2.75, 3.05) is 12.4 Å². The number of anilines is 1. The molecule has 92 valence electrons. The van der Waals surface area contributed by atoms with Gasteiger partial charge in [0, 0.05) is 13.2 Å². The zero-order valence-corrected chi connectivity index (χ0v) is 10.5. The van der Waals surface area contributed by atoms with Gasteiger partial charge >= 0.3 is 0 Å². The molecule has 5 nitrogen and oxygen atoms in total. The van der Waals surface area contributed by atoms with Crippen molar-refractivity contribution in [1.29, 1.82) is 0 Å². The Bertz CT molecular complexity index is 395. The molecule has 0 amide bonds. The number of methoxy groups -OCH3 is 1. The Hall–Kier alpha value is -1.27. The molecule has 1 aliphatic rings. The van der Waals surface area contributed by atoms with E-state index in [-0.39, 0.29) is 4.99 Å². The monoisotopic (exact) mass is 252 g/mol. The van der Waals surface area contributed by atoms with Gasteiger partial charge in [0.2, 0.25) is 0 Å². The summed E-state index contributed by atoms with van der Waals surface area (Å²) in [6.45, 7) is 0. The molecule has 6 heteroatoms. The fourth-order valence-corrected chi connectivity index (χ4v) is 2.13. The minimum absolute atomic E-state index is 0.268. The lowest BCUT2D eigenvalue weighted by Gasteiger charge is -2.13. The summed E-state index contributed by atoms with van der Waals surface area (Å²) in [5.41, 5.74) is 6.00. The standard InChI is InChI=1S/C11H16N4OS/c1-16-8-3-2-7(4-8)15-10-6-13-9(5-14-10)11(12)17/h5-8H,2-4H2,1H3,(H2,12,17)(H,14,15). The molecule has 0 spiro atoms. The first-order chi connectivity index (χ1) is 8.19. The van der Waals surface area contributed by atoms with Gasteiger partial charge in [0.25, 0.3) is 0 Å². The van der Waals surface area contributed by atoms with Crippen molar-refractivity contribution >= 4 is 23.0 Å². The van der Waals surface area contributed by atoms with Gasteiger partial charge in [-0.1, -0.05) is 12.2 Å². The number of aromatic nitrogens is 2. The van der Waals surface area contributed by atoms with Crippen LogP contribution in [0.15, 0.2) is 12.4 Å². The molecule has 2 atom stereocenters. The number of thiocarbonyl (C=S) groups is 1. The summed E-state index contributed by atoms with van der Waals surface area (Å²) in [5.74, 6) is 0.756. The van der Waals surface area contributed by atoms with E-state index in [1.807, 2.05) is 0 Å². The Kier molecular flexibility index (Phi) is 3.86. The van der Waals surface area contributed by atoms with Crippen LogP contribution in [-0.2, 0) is 4.74 Å². The second-order valence-corrected chi connectivity index (χ2v) is 4.60. The van der Waals surface area contributed by atoms with Gasteiger partial charge in [0.05, 0.1) is 18.5 Å². The Balaban J connectivity index is 1.93. The third kappa shape index (κ3) is 3.10. The van der Waals surface area contributed by atoms with E-state index in [1.54, 1.807) is 19.5 Å². The number of nitrogens with two attached hydrogens (primary N) is 1. The first-order valence-corrected chi connectivity index (χ1v) is 6.01. The number of rotatable bonds is 4. The van der Waals surface area contributed by atoms with E-state index in [0.29, 0.717) is 17.8 Å². The third-order valence-corrected chi connectivity index (χ3v) is 3.18. The molecule has 0 radical (unpaired) electrons. The lowest BCUT2D eigenvalue weighted by molar-refractivity contribution is 0.108. The molecule has 2 unspecified atom stereocenters. The molecule has 0 aliphatic heterocycles. The minimum Gasteiger partial charge on any atom is -0.388 e. The van der Waals surface area contributed by atoms with Gasteiger partial charge < -0.3 is 15.8 Å². The van der Waals surface area contributed by atoms with Crippen molar-refractivity contribution in [1.82, 2.24) is 9.97 Å². The van der Waals surface area contributed by atoms with Crippen molar-refractivity contribution in [3.8, 4) is 0 Å². The highest BCUT2D eigenvalue weighted by Crippen LogP contribution is 2.23. The summed E-state index contributed by atoms with van der Waals surface area (Å²) in [6, 6.07) is 0.407. The maximum absolute atomic E-state index is 5.46. The number of hydrogen-bond acceptors (Lipinski definition) is 5. The molecule has 2 rings (SSSR count). The fourth-order valence-electron chi connectivity index (χ4n) is 2.02. The average Bonchev–Trinajstić information content (AvgIpc) is 2.77. The highest BCUT2D eigenvalue weighted by Gasteiger charge is 2.24. The van der Waals surface area contributed by atoms with E-state index >= 15 is 0 Å². The minimum atomic E-state index is 0.268. The van der Waals surface area contributed by atoms with Crippen molar-refractivity contribution in [2.24, 2.45) is 5.73 Å². The first-order valence-electron chi connectivity index (χ1n) is 5.60. The summed E-state index contributed by atoms with van der Waals surface area (Å²) < 4.78 is 5.32. The molecule has 1 saturated carbocycles. The summed E-state index contributed by atoms with van der Waals surface area (Å²) in [6.07, 6.45) is 6.80. The zero-order valence-electron chi connectivity index (χ0n) is 9.72. The van der Waals surface area contributed by atoms with Crippen molar-refractivity contribution in [2.45, 2.75) is 31.4 Å². The average molecular weight is 252 g/mol. The molecular weight excluding hydrogens is 236 g/mol. The lowest BCUT2D eigenvalue weighted by atomic mass is 10.2.